The fourth-order valence-electron chi connectivity index (χ4n) is 2.39. The van der Waals surface area contributed by atoms with Crippen LogP contribution in [0.1, 0.15) is 6.42 Å². The molecule has 0 atom stereocenters. The highest BCUT2D eigenvalue weighted by Crippen LogP contribution is 2.28. The van der Waals surface area contributed by atoms with Gasteiger partial charge in [-0.05, 0) is 30.7 Å². The van der Waals surface area contributed by atoms with E-state index in [-0.39, 0.29) is 5.75 Å². The van der Waals surface area contributed by atoms with Gasteiger partial charge >= 0.3 is 0 Å². The van der Waals surface area contributed by atoms with Crippen molar-refractivity contribution in [3.05, 3.63) is 49.1 Å². The predicted molar refractivity (Wildman–Crippen MR) is 88.7 cm³/mol. The summed E-state index contributed by atoms with van der Waals surface area (Å²) in [5, 5.41) is 0.963. The summed E-state index contributed by atoms with van der Waals surface area (Å²) in [7, 11) is -2.95. The maximum Gasteiger partial charge on any atom is 0.147 e. The van der Waals surface area contributed by atoms with E-state index in [2.05, 4.69) is 9.97 Å². The minimum Gasteiger partial charge on any atom is -0.493 e. The molecule has 120 valence electrons. The van der Waals surface area contributed by atoms with E-state index in [1.165, 1.54) is 12.6 Å². The number of hydrogen-bond acceptors (Lipinski definition) is 5. The summed E-state index contributed by atoms with van der Waals surface area (Å²) in [6, 6.07) is 9.57. The number of nitrogens with zero attached hydrogens (tertiary/aromatic N) is 3. The standard InChI is InChI=1S/C16H17N3O3S/c1-23(20,21)11-3-10-22-15-5-2-4-14-13(15)7-9-19(14)16-6-8-17-12-18-16/h2,4-9,12H,3,10-11H2,1H3. The van der Waals surface area contributed by atoms with Crippen LogP contribution in [0.2, 0.25) is 0 Å². The highest BCUT2D eigenvalue weighted by Gasteiger charge is 2.09. The molecule has 0 aliphatic carbocycles. The summed E-state index contributed by atoms with van der Waals surface area (Å²) in [6.45, 7) is 0.366. The number of sulfone groups is 1. The van der Waals surface area contributed by atoms with Gasteiger partial charge < -0.3 is 9.30 Å². The molecule has 7 heteroatoms. The molecule has 0 aliphatic rings. The van der Waals surface area contributed by atoms with Crippen LogP contribution in [0.4, 0.5) is 0 Å². The lowest BCUT2D eigenvalue weighted by Gasteiger charge is -2.08. The van der Waals surface area contributed by atoms with Crippen molar-refractivity contribution in [2.45, 2.75) is 6.42 Å². The third kappa shape index (κ3) is 3.68. The molecule has 0 bridgehead atoms. The molecular weight excluding hydrogens is 314 g/mol. The quantitative estimate of drug-likeness (QED) is 0.648. The van der Waals surface area contributed by atoms with Crippen LogP contribution in [0.25, 0.3) is 16.7 Å². The SMILES string of the molecule is CS(=O)(=O)CCCOc1cccc2c1ccn2-c1ccncn1. The Hall–Kier alpha value is -2.41. The second kappa shape index (κ2) is 6.37. The van der Waals surface area contributed by atoms with Crippen LogP contribution in [0.3, 0.4) is 0 Å². The molecule has 0 N–H and O–H groups in total. The van der Waals surface area contributed by atoms with Crippen molar-refractivity contribution in [2.24, 2.45) is 0 Å². The van der Waals surface area contributed by atoms with Gasteiger partial charge in [0.1, 0.15) is 27.7 Å². The van der Waals surface area contributed by atoms with Crippen molar-refractivity contribution in [1.82, 2.24) is 14.5 Å². The Morgan fingerprint density at radius 3 is 2.83 bits per heavy atom. The van der Waals surface area contributed by atoms with Crippen molar-refractivity contribution in [2.75, 3.05) is 18.6 Å². The molecule has 0 radical (unpaired) electrons. The Balaban J connectivity index is 1.82. The van der Waals surface area contributed by atoms with Crippen LogP contribution in [-0.4, -0.2) is 41.6 Å². The van der Waals surface area contributed by atoms with Crippen molar-refractivity contribution < 1.29 is 13.2 Å². The molecule has 3 aromatic rings. The third-order valence-corrected chi connectivity index (χ3v) is 4.45. The number of fused-ring (bicyclic) bond motifs is 1. The maximum atomic E-state index is 11.1. The molecule has 0 saturated carbocycles. The van der Waals surface area contributed by atoms with E-state index >= 15 is 0 Å². The van der Waals surface area contributed by atoms with Crippen molar-refractivity contribution in [1.29, 1.82) is 0 Å². The first kappa shape index (κ1) is 15.5. The minimum absolute atomic E-state index is 0.130. The first-order chi connectivity index (χ1) is 11.0. The zero-order valence-electron chi connectivity index (χ0n) is 12.7. The van der Waals surface area contributed by atoms with E-state index in [1.807, 2.05) is 41.1 Å². The molecule has 0 aliphatic heterocycles. The Bertz CT molecular complexity index is 905. The first-order valence-electron chi connectivity index (χ1n) is 7.21. The summed E-state index contributed by atoms with van der Waals surface area (Å²) < 4.78 is 30.0. The number of benzene rings is 1. The Morgan fingerprint density at radius 2 is 2.09 bits per heavy atom. The lowest BCUT2D eigenvalue weighted by atomic mass is 10.2. The van der Waals surface area contributed by atoms with Gasteiger partial charge in [0.05, 0.1) is 17.9 Å². The smallest absolute Gasteiger partial charge is 0.147 e. The monoisotopic (exact) mass is 331 g/mol. The van der Waals surface area contributed by atoms with Gasteiger partial charge in [-0.3, -0.25) is 0 Å². The molecule has 0 saturated heterocycles. The highest BCUT2D eigenvalue weighted by atomic mass is 32.2. The van der Waals surface area contributed by atoms with Gasteiger partial charge in [-0.2, -0.15) is 0 Å². The average molecular weight is 331 g/mol. The van der Waals surface area contributed by atoms with E-state index in [1.54, 1.807) is 6.20 Å². The zero-order chi connectivity index (χ0) is 16.3. The molecule has 1 aromatic carbocycles. The highest BCUT2D eigenvalue weighted by molar-refractivity contribution is 7.90. The van der Waals surface area contributed by atoms with Gasteiger partial charge in [0, 0.05) is 24.0 Å². The van der Waals surface area contributed by atoms with E-state index in [0.29, 0.717) is 13.0 Å². The van der Waals surface area contributed by atoms with Crippen molar-refractivity contribution in [3.63, 3.8) is 0 Å². The summed E-state index contributed by atoms with van der Waals surface area (Å²) in [6.07, 6.45) is 6.83. The lowest BCUT2D eigenvalue weighted by molar-refractivity contribution is 0.321. The van der Waals surface area contributed by atoms with Crippen LogP contribution in [0.5, 0.6) is 5.75 Å². The Labute approximate surface area is 134 Å². The summed E-state index contributed by atoms with van der Waals surface area (Å²) >= 11 is 0. The molecule has 2 heterocycles. The summed E-state index contributed by atoms with van der Waals surface area (Å²) in [5.74, 6) is 1.65. The van der Waals surface area contributed by atoms with Gasteiger partial charge in [0.15, 0.2) is 0 Å². The second-order valence-electron chi connectivity index (χ2n) is 5.27. The lowest BCUT2D eigenvalue weighted by Crippen LogP contribution is -2.08. The molecule has 3 rings (SSSR count). The van der Waals surface area contributed by atoms with Crippen LogP contribution in [0, 0.1) is 0 Å². The molecule has 6 nitrogen and oxygen atoms in total. The zero-order valence-corrected chi connectivity index (χ0v) is 13.5. The van der Waals surface area contributed by atoms with Gasteiger partial charge in [0.2, 0.25) is 0 Å². The molecule has 2 aromatic heterocycles. The molecule has 0 unspecified atom stereocenters. The van der Waals surface area contributed by atoms with E-state index in [0.717, 1.165) is 22.5 Å². The van der Waals surface area contributed by atoms with Crippen LogP contribution >= 0.6 is 0 Å². The van der Waals surface area contributed by atoms with Crippen molar-refractivity contribution in [3.8, 4) is 11.6 Å². The second-order valence-corrected chi connectivity index (χ2v) is 7.53. The van der Waals surface area contributed by atoms with Crippen LogP contribution in [-0.2, 0) is 9.84 Å². The topological polar surface area (TPSA) is 74.1 Å². The molecule has 0 amide bonds. The van der Waals surface area contributed by atoms with E-state index in [4.69, 9.17) is 4.74 Å². The fraction of sp³-hybridized carbons (Fsp3) is 0.250. The first-order valence-corrected chi connectivity index (χ1v) is 9.28. The summed E-state index contributed by atoms with van der Waals surface area (Å²) in [5.41, 5.74) is 0.976. The normalized spacial score (nSPS) is 11.7. The predicted octanol–water partition coefficient (Wildman–Crippen LogP) is 2.23. The number of hydrogen-bond donors (Lipinski definition) is 0. The number of rotatable bonds is 6. The van der Waals surface area contributed by atoms with Crippen LogP contribution < -0.4 is 4.74 Å². The van der Waals surface area contributed by atoms with E-state index < -0.39 is 9.84 Å². The Morgan fingerprint density at radius 1 is 1.22 bits per heavy atom. The molecule has 0 fully saturated rings. The van der Waals surface area contributed by atoms with Crippen molar-refractivity contribution >= 4 is 20.7 Å². The van der Waals surface area contributed by atoms with Crippen LogP contribution in [0.15, 0.2) is 49.1 Å². The Kier molecular flexibility index (Phi) is 4.29. The van der Waals surface area contributed by atoms with Gasteiger partial charge in [-0.25, -0.2) is 18.4 Å². The molecule has 0 spiro atoms. The average Bonchev–Trinajstić information content (AvgIpc) is 2.96. The maximum absolute atomic E-state index is 11.1. The number of ether oxygens (including phenoxy) is 1. The van der Waals surface area contributed by atoms with Gasteiger partial charge in [-0.1, -0.05) is 6.07 Å². The largest absolute Gasteiger partial charge is 0.493 e. The summed E-state index contributed by atoms with van der Waals surface area (Å²) in [4.78, 5) is 8.17. The molecule has 23 heavy (non-hydrogen) atoms. The van der Waals surface area contributed by atoms with Gasteiger partial charge in [0.25, 0.3) is 0 Å². The number of aromatic nitrogens is 3. The fourth-order valence-corrected chi connectivity index (χ4v) is 3.04. The third-order valence-electron chi connectivity index (χ3n) is 3.42. The minimum atomic E-state index is -2.95. The molecular formula is C16H17N3O3S. The van der Waals surface area contributed by atoms with Gasteiger partial charge in [-0.15, -0.1) is 0 Å². The van der Waals surface area contributed by atoms with E-state index in [9.17, 15) is 8.42 Å².